The minimum Gasteiger partial charge on any atom is -0.456 e. The average Bonchev–Trinajstić information content (AvgIpc) is 3.25. The third-order valence-electron chi connectivity index (χ3n) is 5.59. The first-order valence-corrected chi connectivity index (χ1v) is 11.2. The van der Waals surface area contributed by atoms with Crippen LogP contribution in [0, 0.1) is 18.2 Å². The molecule has 0 aliphatic heterocycles. The molecule has 2 aromatic heterocycles. The quantitative estimate of drug-likeness (QED) is 0.285. The molecule has 2 heterocycles. The van der Waals surface area contributed by atoms with Crippen LogP contribution in [0.15, 0.2) is 60.7 Å². The van der Waals surface area contributed by atoms with Crippen molar-refractivity contribution in [2.75, 3.05) is 0 Å². The van der Waals surface area contributed by atoms with Gasteiger partial charge in [-0.05, 0) is 29.7 Å². The molecule has 1 unspecified atom stereocenters. The molecule has 0 radical (unpaired) electrons. The van der Waals surface area contributed by atoms with Crippen molar-refractivity contribution in [2.45, 2.75) is 25.9 Å². The zero-order valence-corrected chi connectivity index (χ0v) is 19.3. The molecule has 0 spiro atoms. The smallest absolute Gasteiger partial charge is 0.226 e. The highest BCUT2D eigenvalue weighted by molar-refractivity contribution is 6.31. The van der Waals surface area contributed by atoms with Gasteiger partial charge in [-0.15, -0.1) is 6.42 Å². The number of hydrogen-bond acceptors (Lipinski definition) is 4. The molecule has 0 aliphatic carbocycles. The van der Waals surface area contributed by atoms with Crippen molar-refractivity contribution in [1.82, 2.24) is 19.9 Å². The van der Waals surface area contributed by atoms with Gasteiger partial charge in [0.05, 0.1) is 27.0 Å². The van der Waals surface area contributed by atoms with Crippen LogP contribution in [0.2, 0.25) is 5.02 Å². The number of nitrogens with one attached hydrogen (secondary N) is 1. The number of hydrogen-bond donors (Lipinski definition) is 1. The Morgan fingerprint density at radius 2 is 1.71 bits per heavy atom. The lowest BCUT2D eigenvalue weighted by molar-refractivity contribution is 0.258. The number of aromatic amines is 1. The second-order valence-corrected chi connectivity index (χ2v) is 8.63. The van der Waals surface area contributed by atoms with E-state index in [-0.39, 0.29) is 5.02 Å². The third-order valence-corrected chi connectivity index (χ3v) is 5.88. The van der Waals surface area contributed by atoms with E-state index in [2.05, 4.69) is 51.8 Å². The Morgan fingerprint density at radius 3 is 2.44 bits per heavy atom. The third kappa shape index (κ3) is 4.07. The summed E-state index contributed by atoms with van der Waals surface area (Å²) < 4.78 is 20.1. The summed E-state index contributed by atoms with van der Waals surface area (Å²) in [5.41, 5.74) is 3.73. The van der Waals surface area contributed by atoms with Gasteiger partial charge in [-0.1, -0.05) is 67.8 Å². The van der Waals surface area contributed by atoms with Crippen molar-refractivity contribution >= 4 is 33.5 Å². The Hall–Kier alpha value is -3.95. The van der Waals surface area contributed by atoms with Gasteiger partial charge in [0.25, 0.3) is 0 Å². The zero-order valence-electron chi connectivity index (χ0n) is 18.5. The summed E-state index contributed by atoms with van der Waals surface area (Å²) in [5, 5.41) is 0.713. The van der Waals surface area contributed by atoms with Gasteiger partial charge >= 0.3 is 0 Å². The first-order valence-electron chi connectivity index (χ1n) is 10.8. The lowest BCUT2D eigenvalue weighted by Crippen LogP contribution is -2.08. The van der Waals surface area contributed by atoms with E-state index >= 15 is 0 Å². The Morgan fingerprint density at radius 1 is 0.971 bits per heavy atom. The van der Waals surface area contributed by atoms with E-state index in [4.69, 9.17) is 22.8 Å². The Labute approximate surface area is 201 Å². The van der Waals surface area contributed by atoms with Crippen molar-refractivity contribution in [3.63, 3.8) is 0 Å². The van der Waals surface area contributed by atoms with Crippen molar-refractivity contribution in [2.24, 2.45) is 0 Å². The molecule has 0 aliphatic rings. The van der Waals surface area contributed by atoms with Crippen molar-refractivity contribution < 1.29 is 9.13 Å². The highest BCUT2D eigenvalue weighted by Gasteiger charge is 2.18. The summed E-state index contributed by atoms with van der Waals surface area (Å²) in [7, 11) is 0. The van der Waals surface area contributed by atoms with Crippen LogP contribution >= 0.6 is 11.6 Å². The predicted molar refractivity (Wildman–Crippen MR) is 132 cm³/mol. The summed E-state index contributed by atoms with van der Waals surface area (Å²) in [6, 6.07) is 18.3. The molecular formula is C27H20ClFN4O. The summed E-state index contributed by atoms with van der Waals surface area (Å²) in [6.07, 6.45) is 5.20. The maximum atomic E-state index is 13.9. The zero-order chi connectivity index (χ0) is 23.8. The number of ether oxygens (including phenoxy) is 1. The lowest BCUT2D eigenvalue weighted by atomic mass is 10.00. The summed E-state index contributed by atoms with van der Waals surface area (Å²) >= 11 is 5.91. The van der Waals surface area contributed by atoms with Gasteiger partial charge in [0.1, 0.15) is 5.82 Å². The normalized spacial score (nSPS) is 12.2. The number of aromatic nitrogens is 4. The molecule has 5 aromatic rings. The van der Waals surface area contributed by atoms with Crippen LogP contribution in [-0.2, 0) is 0 Å². The number of fused-ring (bicyclic) bond motifs is 2. The van der Waals surface area contributed by atoms with Crippen molar-refractivity contribution in [1.29, 1.82) is 0 Å². The fourth-order valence-electron chi connectivity index (χ4n) is 3.72. The Balaban J connectivity index is 1.58. The second kappa shape index (κ2) is 8.77. The fourth-order valence-corrected chi connectivity index (χ4v) is 3.88. The number of benzene rings is 3. The molecule has 5 rings (SSSR count). The first-order chi connectivity index (χ1) is 16.4. The molecule has 34 heavy (non-hydrogen) atoms. The number of para-hydroxylation sites is 1. The summed E-state index contributed by atoms with van der Waals surface area (Å²) in [6.45, 7) is 4.28. The van der Waals surface area contributed by atoms with E-state index < -0.39 is 11.9 Å². The maximum absolute atomic E-state index is 13.9. The van der Waals surface area contributed by atoms with Gasteiger partial charge in [0.2, 0.25) is 5.88 Å². The highest BCUT2D eigenvalue weighted by atomic mass is 35.5. The van der Waals surface area contributed by atoms with E-state index in [9.17, 15) is 4.39 Å². The van der Waals surface area contributed by atoms with Crippen LogP contribution in [0.4, 0.5) is 4.39 Å². The molecular weight excluding hydrogens is 451 g/mol. The van der Waals surface area contributed by atoms with Crippen molar-refractivity contribution in [3.8, 4) is 29.9 Å². The number of rotatable bonds is 5. The van der Waals surface area contributed by atoms with Crippen LogP contribution in [-0.4, -0.2) is 19.9 Å². The summed E-state index contributed by atoms with van der Waals surface area (Å²) in [5.74, 6) is 3.59. The maximum Gasteiger partial charge on any atom is 0.226 e. The Kier molecular flexibility index (Phi) is 5.64. The van der Waals surface area contributed by atoms with E-state index in [1.807, 2.05) is 36.4 Å². The van der Waals surface area contributed by atoms with E-state index in [0.717, 1.165) is 10.9 Å². The van der Waals surface area contributed by atoms with Crippen LogP contribution in [0.1, 0.15) is 37.0 Å². The molecule has 3 aromatic carbocycles. The standard InChI is InChI=1S/C27H20ClFN4O/c1-4-24(17-11-9-16(10-12-17)15(2)3)34-27-18-7-5-6-8-21(18)30-26(33-27)25-31-22-13-19(28)20(29)14-23(22)32-25/h1,5-15,24H,2-3H3,(H,31,32). The Bertz CT molecular complexity index is 1510. The number of imidazole rings is 1. The number of nitrogens with zero attached hydrogens (tertiary/aromatic N) is 3. The number of H-pyrrole nitrogens is 1. The fraction of sp³-hybridized carbons (Fsp3) is 0.148. The van der Waals surface area contributed by atoms with Gasteiger partial charge in [-0.2, -0.15) is 4.98 Å². The molecule has 168 valence electrons. The predicted octanol–water partition coefficient (Wildman–Crippen LogP) is 6.84. The number of halogens is 2. The van der Waals surface area contributed by atoms with Gasteiger partial charge in [-0.25, -0.2) is 14.4 Å². The molecule has 1 N–H and O–H groups in total. The molecule has 0 saturated carbocycles. The van der Waals surface area contributed by atoms with Crippen LogP contribution in [0.25, 0.3) is 33.6 Å². The van der Waals surface area contributed by atoms with Gasteiger partial charge in [0, 0.05) is 11.6 Å². The van der Waals surface area contributed by atoms with Gasteiger partial charge in [-0.3, -0.25) is 0 Å². The molecule has 0 fully saturated rings. The molecule has 0 amide bonds. The molecule has 1 atom stereocenters. The second-order valence-electron chi connectivity index (χ2n) is 8.22. The van der Waals surface area contributed by atoms with Crippen molar-refractivity contribution in [3.05, 3.63) is 82.6 Å². The summed E-state index contributed by atoms with van der Waals surface area (Å²) in [4.78, 5) is 16.8. The highest BCUT2D eigenvalue weighted by Crippen LogP contribution is 2.31. The van der Waals surface area contributed by atoms with Crippen LogP contribution in [0.5, 0.6) is 5.88 Å². The van der Waals surface area contributed by atoms with E-state index in [1.54, 1.807) is 0 Å². The molecule has 7 heteroatoms. The minimum absolute atomic E-state index is 0.00523. The van der Waals surface area contributed by atoms with Gasteiger partial charge < -0.3 is 9.72 Å². The van der Waals surface area contributed by atoms with Crippen LogP contribution in [0.3, 0.4) is 0 Å². The first kappa shape index (κ1) is 21.9. The minimum atomic E-state index is -0.643. The van der Waals surface area contributed by atoms with Gasteiger partial charge in [0.15, 0.2) is 17.8 Å². The van der Waals surface area contributed by atoms with E-state index in [1.165, 1.54) is 17.7 Å². The van der Waals surface area contributed by atoms with E-state index in [0.29, 0.717) is 40.0 Å². The molecule has 0 saturated heterocycles. The largest absolute Gasteiger partial charge is 0.456 e. The van der Waals surface area contributed by atoms with Crippen LogP contribution < -0.4 is 4.74 Å². The molecule has 0 bridgehead atoms. The average molecular weight is 471 g/mol. The lowest BCUT2D eigenvalue weighted by Gasteiger charge is -2.16. The number of terminal acetylenes is 1. The molecule has 5 nitrogen and oxygen atoms in total. The monoisotopic (exact) mass is 470 g/mol. The SMILES string of the molecule is C#CC(Oc1nc(-c2nc3cc(Cl)c(F)cc3[nH]2)nc2ccccc12)c1ccc(C(C)C)cc1. The topological polar surface area (TPSA) is 63.7 Å².